The number of hydrogen-bond acceptors (Lipinski definition) is 20. The minimum Gasteiger partial charge on any atom is -0.390 e. The van der Waals surface area contributed by atoms with Crippen LogP contribution in [0.4, 0.5) is 5.82 Å². The molecule has 50 heavy (non-hydrogen) atoms. The number of aliphatic hydroxyl groups is 3. The highest BCUT2D eigenvalue weighted by Crippen LogP contribution is 2.71. The van der Waals surface area contributed by atoms with Crippen LogP contribution in [-0.2, 0) is 49.7 Å². The second-order valence-corrected chi connectivity index (χ2v) is 16.5. The highest BCUT2D eigenvalue weighted by atomic mass is 31.3. The minimum absolute atomic E-state index is 0.0610. The van der Waals surface area contributed by atoms with E-state index >= 15 is 0 Å². The number of imidazole rings is 1. The number of hydrogen-bond donors (Lipinski definition) is 9. The molecular weight excluding hydrogens is 770 g/mol. The Morgan fingerprint density at radius 1 is 0.840 bits per heavy atom. The fraction of sp³-hybridized carbons (Fsp3) is 0.526. The average molecular weight is 797 g/mol. The topological polar surface area (TPSA) is 399 Å². The van der Waals surface area contributed by atoms with Crippen LogP contribution >= 0.6 is 31.3 Å². The Labute approximate surface area is 276 Å². The van der Waals surface area contributed by atoms with Gasteiger partial charge in [-0.05, 0) is 0 Å². The van der Waals surface area contributed by atoms with Crippen LogP contribution in [0.25, 0.3) is 11.2 Å². The van der Waals surface area contributed by atoms with Gasteiger partial charge in [-0.2, -0.15) is 12.9 Å². The van der Waals surface area contributed by atoms with Crippen molar-refractivity contribution in [2.45, 2.75) is 49.4 Å². The zero-order chi connectivity index (χ0) is 36.8. The number of anilines is 1. The Kier molecular flexibility index (Phi) is 11.1. The summed E-state index contributed by atoms with van der Waals surface area (Å²) >= 11 is 0. The van der Waals surface area contributed by atoms with E-state index in [4.69, 9.17) is 15.2 Å². The van der Waals surface area contributed by atoms with Gasteiger partial charge < -0.3 is 50.1 Å². The molecule has 27 nitrogen and oxygen atoms in total. The van der Waals surface area contributed by atoms with Gasteiger partial charge in [-0.15, -0.1) is 0 Å². The number of nitrogens with two attached hydrogens (primary N) is 1. The summed E-state index contributed by atoms with van der Waals surface area (Å²) in [5.74, 6) is 0.0610. The van der Waals surface area contributed by atoms with Crippen LogP contribution in [0.1, 0.15) is 18.9 Å². The van der Waals surface area contributed by atoms with Gasteiger partial charge in [-0.25, -0.2) is 38.0 Å². The molecule has 2 fully saturated rings. The fourth-order valence-corrected chi connectivity index (χ4v) is 9.60. The van der Waals surface area contributed by atoms with Gasteiger partial charge >= 0.3 is 37.0 Å². The van der Waals surface area contributed by atoms with Crippen molar-refractivity contribution in [3.05, 3.63) is 45.8 Å². The van der Waals surface area contributed by atoms with E-state index < -0.39 is 98.7 Å². The first-order chi connectivity index (χ1) is 23.2. The van der Waals surface area contributed by atoms with Gasteiger partial charge in [0.25, 0.3) is 5.56 Å². The van der Waals surface area contributed by atoms with Crippen molar-refractivity contribution in [2.24, 2.45) is 0 Å². The number of nitrogens with zero attached hydrogens (tertiary/aromatic N) is 5. The first-order valence-electron chi connectivity index (χ1n) is 13.5. The van der Waals surface area contributed by atoms with Gasteiger partial charge in [0.05, 0.1) is 25.6 Å². The zero-order valence-electron chi connectivity index (χ0n) is 24.5. The quantitative estimate of drug-likeness (QED) is 0.0775. The van der Waals surface area contributed by atoms with Crippen LogP contribution in [-0.4, -0.2) is 108 Å². The Bertz CT molecular complexity index is 2040. The van der Waals surface area contributed by atoms with Crippen LogP contribution in [0, 0.1) is 0 Å². The maximum Gasteiger partial charge on any atom is 0.490 e. The van der Waals surface area contributed by atoms with Crippen LogP contribution in [0.3, 0.4) is 0 Å². The second-order valence-electron chi connectivity index (χ2n) is 10.3. The van der Waals surface area contributed by atoms with E-state index in [2.05, 4.69) is 36.9 Å². The summed E-state index contributed by atoms with van der Waals surface area (Å²) in [5, 5.41) is 30.8. The molecule has 11 atom stereocenters. The van der Waals surface area contributed by atoms with Crippen LogP contribution < -0.4 is 17.0 Å². The molecular formula is C19H27N7O20P4. The van der Waals surface area contributed by atoms with Crippen molar-refractivity contribution in [3.8, 4) is 0 Å². The molecule has 0 radical (unpaired) electrons. The molecule has 5 heterocycles. The highest BCUT2D eigenvalue weighted by molar-refractivity contribution is 7.69. The summed E-state index contributed by atoms with van der Waals surface area (Å²) in [5.41, 5.74) is 4.34. The molecule has 0 aromatic carbocycles. The number of aromatic amines is 1. The number of phosphoric acid groups is 4. The molecule has 0 saturated carbocycles. The molecule has 3 aromatic rings. The molecule has 2 aliphatic rings. The molecule has 2 saturated heterocycles. The van der Waals surface area contributed by atoms with E-state index in [1.54, 1.807) is 0 Å². The van der Waals surface area contributed by atoms with Crippen LogP contribution in [0.2, 0.25) is 0 Å². The Balaban J connectivity index is 1.12. The van der Waals surface area contributed by atoms with E-state index in [0.717, 1.165) is 18.6 Å². The molecule has 0 amide bonds. The number of rotatable bonds is 14. The first kappa shape index (κ1) is 38.6. The van der Waals surface area contributed by atoms with Gasteiger partial charge in [-0.3, -0.25) is 28.0 Å². The minimum atomic E-state index is -6.18. The second kappa shape index (κ2) is 14.4. The van der Waals surface area contributed by atoms with E-state index in [9.17, 15) is 62.7 Å². The third-order valence-corrected chi connectivity index (χ3v) is 12.7. The van der Waals surface area contributed by atoms with Crippen molar-refractivity contribution < 1.29 is 84.6 Å². The van der Waals surface area contributed by atoms with E-state index in [1.165, 1.54) is 10.9 Å². The summed E-state index contributed by atoms with van der Waals surface area (Å²) in [6.07, 6.45) is -7.48. The van der Waals surface area contributed by atoms with Gasteiger partial charge in [-0.1, -0.05) is 0 Å². The highest BCUT2D eigenvalue weighted by Gasteiger charge is 2.49. The summed E-state index contributed by atoms with van der Waals surface area (Å²) < 4.78 is 82.5. The molecule has 0 spiro atoms. The normalized spacial score (nSPS) is 30.4. The number of nitrogen functional groups attached to an aromatic ring is 1. The lowest BCUT2D eigenvalue weighted by atomic mass is 10.1. The monoisotopic (exact) mass is 797 g/mol. The Morgan fingerprint density at radius 2 is 1.44 bits per heavy atom. The van der Waals surface area contributed by atoms with Crippen LogP contribution in [0.15, 0.2) is 34.5 Å². The standard InChI is InChI=1S/C19H27N7O20P4/c20-16-13-17(22-6-21-16)26(7-23-13)12-3-8(27)9(42-12)4-40-47(32,33)44-49(36,37)46-50(38,39)45-48(34,35)41-5-10-14(29)15(30)18(43-10)25-2-1-11(28)24-19(25)31/h1-2,6-10,12,14-15,18,27,29-30H,3-5H2,(H,32,33)(H,34,35)(H,36,37)(H,38,39)(H2,20,21,22)(H,24,28,31)/t8-,9+,10+,12+,14+,15+,18+/m0/s1. The lowest BCUT2D eigenvalue weighted by molar-refractivity contribution is -0.0542. The summed E-state index contributed by atoms with van der Waals surface area (Å²) in [4.78, 5) is 76.3. The number of fused-ring (bicyclic) bond motifs is 1. The lowest BCUT2D eigenvalue weighted by Gasteiger charge is -2.21. The van der Waals surface area contributed by atoms with Crippen molar-refractivity contribution in [1.29, 1.82) is 0 Å². The fourth-order valence-electron chi connectivity index (χ4n) is 4.64. The molecule has 4 unspecified atom stereocenters. The molecule has 278 valence electrons. The average Bonchev–Trinajstić information content (AvgIpc) is 3.65. The van der Waals surface area contributed by atoms with E-state index in [0.29, 0.717) is 4.57 Å². The van der Waals surface area contributed by atoms with Gasteiger partial charge in [0.1, 0.15) is 42.5 Å². The largest absolute Gasteiger partial charge is 0.490 e. The predicted molar refractivity (Wildman–Crippen MR) is 156 cm³/mol. The predicted octanol–water partition coefficient (Wildman–Crippen LogP) is -2.29. The molecule has 10 N–H and O–H groups in total. The summed E-state index contributed by atoms with van der Waals surface area (Å²) in [6, 6.07) is 0.885. The number of aliphatic hydroxyl groups excluding tert-OH is 3. The lowest BCUT2D eigenvalue weighted by Crippen LogP contribution is -2.37. The van der Waals surface area contributed by atoms with Gasteiger partial charge in [0, 0.05) is 18.7 Å². The number of aromatic nitrogens is 6. The van der Waals surface area contributed by atoms with E-state index in [1.807, 2.05) is 4.98 Å². The van der Waals surface area contributed by atoms with Crippen molar-refractivity contribution >= 4 is 48.3 Å². The van der Waals surface area contributed by atoms with Crippen molar-refractivity contribution in [3.63, 3.8) is 0 Å². The van der Waals surface area contributed by atoms with Crippen molar-refractivity contribution in [1.82, 2.24) is 29.1 Å². The maximum absolute atomic E-state index is 12.3. The first-order valence-corrected chi connectivity index (χ1v) is 19.5. The third kappa shape index (κ3) is 9.05. The van der Waals surface area contributed by atoms with E-state index in [-0.39, 0.29) is 23.4 Å². The third-order valence-electron chi connectivity index (χ3n) is 6.79. The number of ether oxygens (including phenoxy) is 2. The number of phosphoric ester groups is 2. The van der Waals surface area contributed by atoms with Crippen molar-refractivity contribution in [2.75, 3.05) is 18.9 Å². The zero-order valence-corrected chi connectivity index (χ0v) is 28.1. The summed E-state index contributed by atoms with van der Waals surface area (Å²) in [7, 11) is -23.8. The SMILES string of the molecule is Nc1ncnc2c1ncn2[C@H]1C[C@H](O)[C@@H](COP(=O)(O)OP(=O)(O)OP(=O)(O)OP(=O)(O)OC[C@H]2O[C@@H](n3ccc(=O)[nH]c3=O)[C@H](O)[C@@H]2O)O1. The summed E-state index contributed by atoms with van der Waals surface area (Å²) in [6.45, 7) is -2.13. The van der Waals surface area contributed by atoms with Gasteiger partial charge in [0.2, 0.25) is 0 Å². The molecule has 31 heteroatoms. The molecule has 5 rings (SSSR count). The number of H-pyrrole nitrogens is 1. The van der Waals surface area contributed by atoms with Gasteiger partial charge in [0.15, 0.2) is 17.7 Å². The molecule has 2 aliphatic heterocycles. The molecule has 0 aliphatic carbocycles. The molecule has 3 aromatic heterocycles. The Hall–Kier alpha value is -2.61. The molecule has 0 bridgehead atoms. The van der Waals surface area contributed by atoms with Crippen LogP contribution in [0.5, 0.6) is 0 Å². The number of nitrogens with one attached hydrogen (secondary N) is 1. The Morgan fingerprint density at radius 3 is 2.06 bits per heavy atom. The smallest absolute Gasteiger partial charge is 0.390 e. The maximum atomic E-state index is 12.3.